The number of hydrogen-bond acceptors (Lipinski definition) is 3. The fraction of sp³-hybridized carbons (Fsp3) is 0.176. The maximum atomic E-state index is 11.9. The lowest BCUT2D eigenvalue weighted by Gasteiger charge is -2.08. The van der Waals surface area contributed by atoms with E-state index in [4.69, 9.17) is 0 Å². The van der Waals surface area contributed by atoms with Crippen LogP contribution in [0.2, 0.25) is 0 Å². The number of amides is 1. The maximum Gasteiger partial charge on any atom is 0.253 e. The van der Waals surface area contributed by atoms with Gasteiger partial charge in [-0.25, -0.2) is 5.43 Å². The number of rotatable bonds is 5. The van der Waals surface area contributed by atoms with Crippen molar-refractivity contribution in [3.8, 4) is 0 Å². The molecule has 1 amide bonds. The van der Waals surface area contributed by atoms with Gasteiger partial charge in [-0.3, -0.25) is 4.79 Å². The Morgan fingerprint density at radius 1 is 1.14 bits per heavy atom. The standard InChI is InChI=1S/C17H18N2OS/c1-13-8-10-15(11-9-13)12-18-19-17(20)14(2)21-16-6-4-3-5-7-16/h3-12,14H,1-2H3,(H,19,20)/b18-12-/t14-/m0/s1. The molecule has 2 aromatic carbocycles. The van der Waals surface area contributed by atoms with Crippen LogP contribution in [0.1, 0.15) is 18.1 Å². The van der Waals surface area contributed by atoms with E-state index in [1.807, 2.05) is 68.4 Å². The Bertz CT molecular complexity index is 608. The molecule has 2 rings (SSSR count). The summed E-state index contributed by atoms with van der Waals surface area (Å²) in [6, 6.07) is 17.8. The van der Waals surface area contributed by atoms with E-state index in [1.54, 1.807) is 6.21 Å². The van der Waals surface area contributed by atoms with Gasteiger partial charge in [0.25, 0.3) is 5.91 Å². The molecule has 0 aliphatic carbocycles. The number of benzene rings is 2. The molecule has 0 aromatic heterocycles. The van der Waals surface area contributed by atoms with Crippen LogP contribution in [0.5, 0.6) is 0 Å². The van der Waals surface area contributed by atoms with Gasteiger partial charge in [0.1, 0.15) is 0 Å². The van der Waals surface area contributed by atoms with E-state index in [0.29, 0.717) is 0 Å². The van der Waals surface area contributed by atoms with Gasteiger partial charge < -0.3 is 0 Å². The third-order valence-electron chi connectivity index (χ3n) is 2.89. The van der Waals surface area contributed by atoms with Crippen molar-refractivity contribution < 1.29 is 4.79 Å². The van der Waals surface area contributed by atoms with Crippen molar-refractivity contribution in [3.05, 3.63) is 65.7 Å². The van der Waals surface area contributed by atoms with Crippen molar-refractivity contribution in [2.75, 3.05) is 0 Å². The normalized spacial score (nSPS) is 12.3. The van der Waals surface area contributed by atoms with Crippen LogP contribution in [-0.4, -0.2) is 17.4 Å². The highest BCUT2D eigenvalue weighted by Crippen LogP contribution is 2.22. The molecule has 1 atom stereocenters. The molecule has 0 saturated carbocycles. The Morgan fingerprint density at radius 3 is 2.48 bits per heavy atom. The fourth-order valence-corrected chi connectivity index (χ4v) is 2.55. The molecular formula is C17H18N2OS. The lowest BCUT2D eigenvalue weighted by atomic mass is 10.2. The van der Waals surface area contributed by atoms with Gasteiger partial charge in [0.05, 0.1) is 11.5 Å². The quantitative estimate of drug-likeness (QED) is 0.520. The van der Waals surface area contributed by atoms with Crippen LogP contribution >= 0.6 is 11.8 Å². The molecule has 108 valence electrons. The molecule has 0 spiro atoms. The minimum absolute atomic E-state index is 0.104. The molecule has 1 N–H and O–H groups in total. The molecule has 0 unspecified atom stereocenters. The molecule has 2 aromatic rings. The molecule has 21 heavy (non-hydrogen) atoms. The summed E-state index contributed by atoms with van der Waals surface area (Å²) < 4.78 is 0. The number of nitrogens with one attached hydrogen (secondary N) is 1. The Morgan fingerprint density at radius 2 is 1.81 bits per heavy atom. The SMILES string of the molecule is Cc1ccc(/C=N\NC(=O)[C@H](C)Sc2ccccc2)cc1. The highest BCUT2D eigenvalue weighted by atomic mass is 32.2. The highest BCUT2D eigenvalue weighted by molar-refractivity contribution is 8.00. The van der Waals surface area contributed by atoms with Crippen molar-refractivity contribution in [1.29, 1.82) is 0 Å². The van der Waals surface area contributed by atoms with E-state index in [9.17, 15) is 4.79 Å². The van der Waals surface area contributed by atoms with Crippen LogP contribution in [0.4, 0.5) is 0 Å². The third kappa shape index (κ3) is 5.08. The first-order valence-corrected chi connectivity index (χ1v) is 7.64. The van der Waals surface area contributed by atoms with Gasteiger partial charge in [-0.05, 0) is 31.5 Å². The highest BCUT2D eigenvalue weighted by Gasteiger charge is 2.13. The summed E-state index contributed by atoms with van der Waals surface area (Å²) in [5, 5.41) is 3.80. The Hall–Kier alpha value is -2.07. The number of carbonyl (C=O) groups is 1. The van der Waals surface area contributed by atoms with Crippen LogP contribution in [0.3, 0.4) is 0 Å². The van der Waals surface area contributed by atoms with Crippen molar-refractivity contribution in [1.82, 2.24) is 5.43 Å². The van der Waals surface area contributed by atoms with Crippen molar-refractivity contribution in [2.24, 2.45) is 5.10 Å². The lowest BCUT2D eigenvalue weighted by molar-refractivity contribution is -0.120. The van der Waals surface area contributed by atoms with Gasteiger partial charge >= 0.3 is 0 Å². The minimum atomic E-state index is -0.192. The summed E-state index contributed by atoms with van der Waals surface area (Å²) in [7, 11) is 0. The van der Waals surface area contributed by atoms with Crippen LogP contribution in [0, 0.1) is 6.92 Å². The predicted octanol–water partition coefficient (Wildman–Crippen LogP) is 3.63. The van der Waals surface area contributed by atoms with Gasteiger partial charge in [0.15, 0.2) is 0 Å². The number of hydrogen-bond donors (Lipinski definition) is 1. The molecule has 3 nitrogen and oxygen atoms in total. The summed E-state index contributed by atoms with van der Waals surface area (Å²) in [5.74, 6) is -0.104. The largest absolute Gasteiger partial charge is 0.272 e. The second-order valence-electron chi connectivity index (χ2n) is 4.72. The Labute approximate surface area is 129 Å². The number of hydrazone groups is 1. The van der Waals surface area contributed by atoms with Crippen molar-refractivity contribution in [2.45, 2.75) is 24.0 Å². The van der Waals surface area contributed by atoms with E-state index in [1.165, 1.54) is 17.3 Å². The minimum Gasteiger partial charge on any atom is -0.272 e. The number of nitrogens with zero attached hydrogens (tertiary/aromatic N) is 1. The first kappa shape index (κ1) is 15.3. The van der Waals surface area contributed by atoms with Crippen LogP contribution in [0.25, 0.3) is 0 Å². The van der Waals surface area contributed by atoms with E-state index in [-0.39, 0.29) is 11.2 Å². The average molecular weight is 298 g/mol. The molecule has 0 bridgehead atoms. The first-order valence-electron chi connectivity index (χ1n) is 6.76. The molecule has 4 heteroatoms. The van der Waals surface area contributed by atoms with Crippen LogP contribution in [-0.2, 0) is 4.79 Å². The summed E-state index contributed by atoms with van der Waals surface area (Å²) in [6.45, 7) is 3.90. The molecule has 0 aliphatic rings. The summed E-state index contributed by atoms with van der Waals surface area (Å²) in [5.41, 5.74) is 4.74. The van der Waals surface area contributed by atoms with E-state index in [2.05, 4.69) is 10.5 Å². The van der Waals surface area contributed by atoms with Crippen LogP contribution < -0.4 is 5.43 Å². The fourth-order valence-electron chi connectivity index (χ4n) is 1.67. The van der Waals surface area contributed by atoms with Gasteiger partial charge in [-0.15, -0.1) is 11.8 Å². The van der Waals surface area contributed by atoms with Gasteiger partial charge in [-0.2, -0.15) is 5.10 Å². The number of thioether (sulfide) groups is 1. The summed E-state index contributed by atoms with van der Waals surface area (Å²) in [4.78, 5) is 13.0. The lowest BCUT2D eigenvalue weighted by Crippen LogP contribution is -2.26. The first-order chi connectivity index (χ1) is 10.1. The van der Waals surface area contributed by atoms with Crippen LogP contribution in [0.15, 0.2) is 64.6 Å². The Balaban J connectivity index is 1.85. The summed E-state index contributed by atoms with van der Waals surface area (Å²) >= 11 is 1.51. The van der Waals surface area contributed by atoms with E-state index >= 15 is 0 Å². The average Bonchev–Trinajstić information content (AvgIpc) is 2.50. The summed E-state index contributed by atoms with van der Waals surface area (Å²) in [6.07, 6.45) is 1.65. The predicted molar refractivity (Wildman–Crippen MR) is 88.7 cm³/mol. The maximum absolute atomic E-state index is 11.9. The van der Waals surface area contributed by atoms with Gasteiger partial charge in [0, 0.05) is 4.90 Å². The van der Waals surface area contributed by atoms with E-state index in [0.717, 1.165) is 10.5 Å². The zero-order chi connectivity index (χ0) is 15.1. The second kappa shape index (κ2) is 7.64. The molecular weight excluding hydrogens is 280 g/mol. The molecule has 0 saturated heterocycles. The van der Waals surface area contributed by atoms with Gasteiger partial charge in [-0.1, -0.05) is 48.0 Å². The smallest absolute Gasteiger partial charge is 0.253 e. The zero-order valence-corrected chi connectivity index (χ0v) is 12.9. The van der Waals surface area contributed by atoms with Gasteiger partial charge in [0.2, 0.25) is 0 Å². The second-order valence-corrected chi connectivity index (χ2v) is 6.13. The van der Waals surface area contributed by atoms with E-state index < -0.39 is 0 Å². The van der Waals surface area contributed by atoms with Crippen molar-refractivity contribution in [3.63, 3.8) is 0 Å². The zero-order valence-electron chi connectivity index (χ0n) is 12.1. The Kier molecular flexibility index (Phi) is 5.58. The molecule has 0 fully saturated rings. The third-order valence-corrected chi connectivity index (χ3v) is 4.00. The number of carbonyl (C=O) groups excluding carboxylic acids is 1. The number of aryl methyl sites for hydroxylation is 1. The molecule has 0 aliphatic heterocycles. The molecule has 0 heterocycles. The molecule has 0 radical (unpaired) electrons. The monoisotopic (exact) mass is 298 g/mol. The van der Waals surface area contributed by atoms with Crippen molar-refractivity contribution >= 4 is 23.9 Å². The topological polar surface area (TPSA) is 41.5 Å².